The predicted octanol–water partition coefficient (Wildman–Crippen LogP) is 0.678. The maximum atomic E-state index is 11.8. The molecule has 1 fully saturated rings. The van der Waals surface area contributed by atoms with Crippen LogP contribution in [0.4, 0.5) is 0 Å². The number of nitriles is 1. The van der Waals surface area contributed by atoms with Gasteiger partial charge in [0.2, 0.25) is 17.7 Å². The highest BCUT2D eigenvalue weighted by atomic mass is 16.2. The van der Waals surface area contributed by atoms with Crippen LogP contribution in [0.2, 0.25) is 0 Å². The summed E-state index contributed by atoms with van der Waals surface area (Å²) in [6.07, 6.45) is 2.63. The van der Waals surface area contributed by atoms with E-state index < -0.39 is 0 Å². The first-order valence-corrected chi connectivity index (χ1v) is 6.50. The summed E-state index contributed by atoms with van der Waals surface area (Å²) >= 11 is 0. The Balaban J connectivity index is 2.45. The number of carbonyl (C=O) groups excluding carboxylic acids is 3. The van der Waals surface area contributed by atoms with Crippen LogP contribution in [0.15, 0.2) is 0 Å². The van der Waals surface area contributed by atoms with Crippen LogP contribution in [-0.2, 0) is 14.4 Å². The molecule has 0 radical (unpaired) electrons. The molecule has 6 nitrogen and oxygen atoms in total. The Morgan fingerprint density at radius 2 is 1.89 bits per heavy atom. The monoisotopic (exact) mass is 265 g/mol. The van der Waals surface area contributed by atoms with Crippen molar-refractivity contribution < 1.29 is 14.4 Å². The molecular weight excluding hydrogens is 246 g/mol. The highest BCUT2D eigenvalue weighted by Crippen LogP contribution is 2.13. The summed E-state index contributed by atoms with van der Waals surface area (Å²) in [5.41, 5.74) is 0. The molecule has 1 aliphatic heterocycles. The van der Waals surface area contributed by atoms with E-state index in [-0.39, 0.29) is 37.1 Å². The number of carbonyl (C=O) groups is 3. The van der Waals surface area contributed by atoms with E-state index in [4.69, 9.17) is 5.26 Å². The van der Waals surface area contributed by atoms with Gasteiger partial charge in [0.25, 0.3) is 0 Å². The first kappa shape index (κ1) is 15.2. The lowest BCUT2D eigenvalue weighted by Crippen LogP contribution is -2.38. The fourth-order valence-electron chi connectivity index (χ4n) is 1.95. The van der Waals surface area contributed by atoms with Gasteiger partial charge in [-0.2, -0.15) is 5.26 Å². The topological polar surface area (TPSA) is 81.5 Å². The standard InChI is InChI=1S/C13H19N3O3/c1-15(9-4-8-14)11(17)7-10-16-12(18)5-2-3-6-13(16)19/h2-7,9-10H2,1H3. The molecule has 1 rings (SSSR count). The van der Waals surface area contributed by atoms with Crippen LogP contribution >= 0.6 is 0 Å². The first-order valence-electron chi connectivity index (χ1n) is 6.50. The Morgan fingerprint density at radius 3 is 2.42 bits per heavy atom. The summed E-state index contributed by atoms with van der Waals surface area (Å²) in [5, 5.41) is 8.45. The number of imide groups is 1. The Morgan fingerprint density at radius 1 is 1.32 bits per heavy atom. The molecule has 6 heteroatoms. The van der Waals surface area contributed by atoms with E-state index in [1.807, 2.05) is 6.07 Å². The third kappa shape index (κ3) is 4.70. The summed E-state index contributed by atoms with van der Waals surface area (Å²) in [6.45, 7) is 0.518. The molecule has 0 aromatic heterocycles. The lowest BCUT2D eigenvalue weighted by molar-refractivity contribution is -0.144. The zero-order valence-electron chi connectivity index (χ0n) is 11.2. The SMILES string of the molecule is CN(CCC#N)C(=O)CCN1C(=O)CCCCC1=O. The van der Waals surface area contributed by atoms with Crippen molar-refractivity contribution >= 4 is 17.7 Å². The van der Waals surface area contributed by atoms with Gasteiger partial charge in [0.15, 0.2) is 0 Å². The lowest BCUT2D eigenvalue weighted by Gasteiger charge is -2.20. The van der Waals surface area contributed by atoms with Crippen LogP contribution in [0.1, 0.15) is 38.5 Å². The molecule has 0 unspecified atom stereocenters. The van der Waals surface area contributed by atoms with Gasteiger partial charge in [-0.25, -0.2) is 0 Å². The quantitative estimate of drug-likeness (QED) is 0.684. The number of nitrogens with zero attached hydrogens (tertiary/aromatic N) is 3. The van der Waals surface area contributed by atoms with Gasteiger partial charge >= 0.3 is 0 Å². The molecule has 1 heterocycles. The predicted molar refractivity (Wildman–Crippen MR) is 67.7 cm³/mol. The van der Waals surface area contributed by atoms with Gasteiger partial charge in [-0.05, 0) is 12.8 Å². The number of rotatable bonds is 5. The molecular formula is C13H19N3O3. The molecule has 0 atom stereocenters. The van der Waals surface area contributed by atoms with Crippen molar-refractivity contribution in [1.29, 1.82) is 5.26 Å². The van der Waals surface area contributed by atoms with E-state index in [1.165, 1.54) is 9.80 Å². The van der Waals surface area contributed by atoms with Crippen molar-refractivity contribution in [1.82, 2.24) is 9.80 Å². The molecule has 0 N–H and O–H groups in total. The molecule has 1 saturated heterocycles. The van der Waals surface area contributed by atoms with E-state index in [2.05, 4.69) is 0 Å². The van der Waals surface area contributed by atoms with Crippen LogP contribution in [0.5, 0.6) is 0 Å². The zero-order chi connectivity index (χ0) is 14.3. The van der Waals surface area contributed by atoms with Crippen molar-refractivity contribution in [2.75, 3.05) is 20.1 Å². The Bertz CT molecular complexity index is 382. The van der Waals surface area contributed by atoms with E-state index in [0.29, 0.717) is 19.4 Å². The Kier molecular flexibility index (Phi) is 6.00. The van der Waals surface area contributed by atoms with Crippen LogP contribution in [0.3, 0.4) is 0 Å². The number of hydrogen-bond donors (Lipinski definition) is 0. The molecule has 104 valence electrons. The van der Waals surface area contributed by atoms with Gasteiger partial charge < -0.3 is 4.90 Å². The van der Waals surface area contributed by atoms with Crippen LogP contribution in [-0.4, -0.2) is 47.7 Å². The maximum absolute atomic E-state index is 11.8. The normalized spacial score (nSPS) is 15.9. The van der Waals surface area contributed by atoms with Gasteiger partial charge in [0.1, 0.15) is 0 Å². The highest BCUT2D eigenvalue weighted by molar-refractivity contribution is 5.96. The Labute approximate surface area is 113 Å². The smallest absolute Gasteiger partial charge is 0.229 e. The molecule has 1 aliphatic rings. The maximum Gasteiger partial charge on any atom is 0.229 e. The summed E-state index contributed by atoms with van der Waals surface area (Å²) in [4.78, 5) is 37.8. The minimum absolute atomic E-state index is 0.124. The summed E-state index contributed by atoms with van der Waals surface area (Å²) in [7, 11) is 1.62. The average Bonchev–Trinajstić information content (AvgIpc) is 2.55. The van der Waals surface area contributed by atoms with Crippen molar-refractivity contribution in [2.45, 2.75) is 38.5 Å². The number of amides is 3. The summed E-state index contributed by atoms with van der Waals surface area (Å²) < 4.78 is 0. The third-order valence-corrected chi connectivity index (χ3v) is 3.17. The largest absolute Gasteiger partial charge is 0.345 e. The van der Waals surface area contributed by atoms with Crippen molar-refractivity contribution in [2.24, 2.45) is 0 Å². The summed E-state index contributed by atoms with van der Waals surface area (Å²) in [5.74, 6) is -0.523. The molecule has 0 bridgehead atoms. The van der Waals surface area contributed by atoms with Crippen LogP contribution < -0.4 is 0 Å². The van der Waals surface area contributed by atoms with Crippen molar-refractivity contribution in [3.05, 3.63) is 0 Å². The van der Waals surface area contributed by atoms with Gasteiger partial charge in [-0.3, -0.25) is 19.3 Å². The second-order valence-electron chi connectivity index (χ2n) is 4.62. The van der Waals surface area contributed by atoms with E-state index >= 15 is 0 Å². The molecule has 0 aromatic rings. The molecule has 0 spiro atoms. The fourth-order valence-corrected chi connectivity index (χ4v) is 1.95. The molecule has 0 aliphatic carbocycles. The van der Waals surface area contributed by atoms with Gasteiger partial charge in [-0.1, -0.05) is 0 Å². The second kappa shape index (κ2) is 7.52. The van der Waals surface area contributed by atoms with Gasteiger partial charge in [0.05, 0.1) is 12.5 Å². The fraction of sp³-hybridized carbons (Fsp3) is 0.692. The van der Waals surface area contributed by atoms with E-state index in [0.717, 1.165) is 12.8 Å². The van der Waals surface area contributed by atoms with Crippen LogP contribution in [0.25, 0.3) is 0 Å². The molecule has 3 amide bonds. The Hall–Kier alpha value is -1.90. The summed E-state index contributed by atoms with van der Waals surface area (Å²) in [6, 6.07) is 1.97. The second-order valence-corrected chi connectivity index (χ2v) is 4.62. The average molecular weight is 265 g/mol. The van der Waals surface area contributed by atoms with Crippen molar-refractivity contribution in [3.8, 4) is 6.07 Å². The number of hydrogen-bond acceptors (Lipinski definition) is 4. The van der Waals surface area contributed by atoms with Gasteiger partial charge in [0, 0.05) is 39.4 Å². The highest BCUT2D eigenvalue weighted by Gasteiger charge is 2.24. The molecule has 0 aromatic carbocycles. The van der Waals surface area contributed by atoms with E-state index in [1.54, 1.807) is 7.05 Å². The first-order chi connectivity index (χ1) is 9.06. The third-order valence-electron chi connectivity index (χ3n) is 3.17. The number of likely N-dealkylation sites (tertiary alicyclic amines) is 1. The minimum Gasteiger partial charge on any atom is -0.345 e. The zero-order valence-corrected chi connectivity index (χ0v) is 11.2. The van der Waals surface area contributed by atoms with E-state index in [9.17, 15) is 14.4 Å². The van der Waals surface area contributed by atoms with Crippen LogP contribution in [0, 0.1) is 11.3 Å². The molecule has 19 heavy (non-hydrogen) atoms. The minimum atomic E-state index is -0.185. The molecule has 0 saturated carbocycles. The van der Waals surface area contributed by atoms with Gasteiger partial charge in [-0.15, -0.1) is 0 Å². The van der Waals surface area contributed by atoms with Crippen molar-refractivity contribution in [3.63, 3.8) is 0 Å². The lowest BCUT2D eigenvalue weighted by atomic mass is 10.2.